The van der Waals surface area contributed by atoms with Gasteiger partial charge >= 0.3 is 0 Å². The second-order valence-electron chi connectivity index (χ2n) is 6.75. The molecule has 2 aliphatic rings. The second kappa shape index (κ2) is 6.45. The average molecular weight is 290 g/mol. The average Bonchev–Trinajstić information content (AvgIpc) is 3.28. The Morgan fingerprint density at radius 3 is 2.76 bits per heavy atom. The van der Waals surface area contributed by atoms with Gasteiger partial charge < -0.3 is 5.32 Å². The molecule has 21 heavy (non-hydrogen) atoms. The van der Waals surface area contributed by atoms with Gasteiger partial charge in [0.2, 0.25) is 0 Å². The molecule has 0 spiro atoms. The number of halogens is 1. The Kier molecular flexibility index (Phi) is 4.60. The number of hydrogen-bond acceptors (Lipinski definition) is 2. The Morgan fingerprint density at radius 2 is 2.05 bits per heavy atom. The molecule has 0 bridgehead atoms. The largest absolute Gasteiger partial charge is 0.319 e. The zero-order valence-corrected chi connectivity index (χ0v) is 13.2. The van der Waals surface area contributed by atoms with Crippen LogP contribution >= 0.6 is 0 Å². The minimum absolute atomic E-state index is 0.0285. The molecule has 2 atom stereocenters. The van der Waals surface area contributed by atoms with Crippen molar-refractivity contribution in [3.63, 3.8) is 0 Å². The minimum atomic E-state index is -0.0285. The van der Waals surface area contributed by atoms with E-state index in [4.69, 9.17) is 0 Å². The maximum atomic E-state index is 14.5. The van der Waals surface area contributed by atoms with Gasteiger partial charge in [0.25, 0.3) is 0 Å². The number of aryl methyl sites for hydroxylation is 1. The summed E-state index contributed by atoms with van der Waals surface area (Å²) in [7, 11) is 2.01. The fraction of sp³-hybridized carbons (Fsp3) is 0.667. The summed E-state index contributed by atoms with van der Waals surface area (Å²) in [6.45, 7) is 4.17. The summed E-state index contributed by atoms with van der Waals surface area (Å²) in [5.74, 6) is 0.480. The summed E-state index contributed by atoms with van der Waals surface area (Å²) in [6.07, 6.45) is 6.29. The summed E-state index contributed by atoms with van der Waals surface area (Å²) in [5, 5.41) is 3.33. The maximum absolute atomic E-state index is 14.5. The predicted octanol–water partition coefficient (Wildman–Crippen LogP) is 3.66. The van der Waals surface area contributed by atoms with Gasteiger partial charge in [-0.3, -0.25) is 4.90 Å². The van der Waals surface area contributed by atoms with Gasteiger partial charge in [0, 0.05) is 17.6 Å². The highest BCUT2D eigenvalue weighted by molar-refractivity contribution is 5.28. The van der Waals surface area contributed by atoms with Crippen LogP contribution in [0.1, 0.15) is 49.3 Å². The van der Waals surface area contributed by atoms with Crippen molar-refractivity contribution in [3.05, 3.63) is 35.1 Å². The Morgan fingerprint density at radius 1 is 1.24 bits per heavy atom. The molecule has 1 aliphatic carbocycles. The SMILES string of the molecule is CNCC1CCCCN(C2CC2)C1c1cc(C)ccc1F. The van der Waals surface area contributed by atoms with Crippen molar-refractivity contribution in [2.75, 3.05) is 20.1 Å². The van der Waals surface area contributed by atoms with Crippen LogP contribution in [-0.4, -0.2) is 31.1 Å². The third kappa shape index (κ3) is 3.29. The van der Waals surface area contributed by atoms with Crippen LogP contribution in [0.15, 0.2) is 18.2 Å². The Balaban J connectivity index is 1.98. The Hall–Kier alpha value is -0.930. The molecule has 2 nitrogen and oxygen atoms in total. The van der Waals surface area contributed by atoms with E-state index in [0.29, 0.717) is 12.0 Å². The predicted molar refractivity (Wildman–Crippen MR) is 84.9 cm³/mol. The van der Waals surface area contributed by atoms with Gasteiger partial charge in [-0.05, 0) is 64.7 Å². The van der Waals surface area contributed by atoms with E-state index in [1.807, 2.05) is 13.1 Å². The van der Waals surface area contributed by atoms with E-state index in [1.165, 1.54) is 32.1 Å². The monoisotopic (exact) mass is 290 g/mol. The number of rotatable bonds is 4. The molecule has 0 amide bonds. The van der Waals surface area contributed by atoms with Crippen LogP contribution < -0.4 is 5.32 Å². The maximum Gasteiger partial charge on any atom is 0.128 e. The normalized spacial score (nSPS) is 27.6. The zero-order valence-electron chi connectivity index (χ0n) is 13.2. The van der Waals surface area contributed by atoms with Crippen molar-refractivity contribution >= 4 is 0 Å². The van der Waals surface area contributed by atoms with Gasteiger partial charge in [0.15, 0.2) is 0 Å². The van der Waals surface area contributed by atoms with Crippen LogP contribution in [0.5, 0.6) is 0 Å². The molecule has 1 N–H and O–H groups in total. The molecule has 1 aliphatic heterocycles. The summed E-state index contributed by atoms with van der Waals surface area (Å²) >= 11 is 0. The first-order chi connectivity index (χ1) is 10.2. The molecule has 1 heterocycles. The van der Waals surface area contributed by atoms with Crippen LogP contribution in [0.2, 0.25) is 0 Å². The van der Waals surface area contributed by atoms with Gasteiger partial charge in [-0.25, -0.2) is 4.39 Å². The van der Waals surface area contributed by atoms with Crippen molar-refractivity contribution in [3.8, 4) is 0 Å². The molecular weight excluding hydrogens is 263 g/mol. The van der Waals surface area contributed by atoms with Crippen LogP contribution in [0, 0.1) is 18.7 Å². The van der Waals surface area contributed by atoms with Gasteiger partial charge in [-0.15, -0.1) is 0 Å². The number of nitrogens with zero attached hydrogens (tertiary/aromatic N) is 1. The van der Waals surface area contributed by atoms with Crippen molar-refractivity contribution in [2.24, 2.45) is 5.92 Å². The first-order valence-corrected chi connectivity index (χ1v) is 8.37. The summed E-state index contributed by atoms with van der Waals surface area (Å²) in [5.41, 5.74) is 2.08. The third-order valence-electron chi connectivity index (χ3n) is 5.00. The van der Waals surface area contributed by atoms with Crippen molar-refractivity contribution in [1.82, 2.24) is 10.2 Å². The molecule has 2 fully saturated rings. The molecule has 0 aromatic heterocycles. The standard InChI is InChI=1S/C18H27FN2/c1-13-6-9-17(19)16(11-13)18-14(12-20-2)5-3-4-10-21(18)15-7-8-15/h6,9,11,14-15,18,20H,3-5,7-8,10,12H2,1-2H3. The minimum Gasteiger partial charge on any atom is -0.319 e. The molecule has 3 rings (SSSR count). The molecule has 116 valence electrons. The van der Waals surface area contributed by atoms with E-state index in [1.54, 1.807) is 6.07 Å². The number of benzene rings is 1. The van der Waals surface area contributed by atoms with E-state index >= 15 is 0 Å². The third-order valence-corrected chi connectivity index (χ3v) is 5.00. The van der Waals surface area contributed by atoms with Gasteiger partial charge in [0.05, 0.1) is 0 Å². The van der Waals surface area contributed by atoms with Crippen LogP contribution in [-0.2, 0) is 0 Å². The molecule has 3 heteroatoms. The Labute approximate surface area is 127 Å². The molecule has 1 saturated carbocycles. The number of nitrogens with one attached hydrogen (secondary N) is 1. The lowest BCUT2D eigenvalue weighted by Gasteiger charge is -2.36. The first kappa shape index (κ1) is 15.0. The highest BCUT2D eigenvalue weighted by atomic mass is 19.1. The lowest BCUT2D eigenvalue weighted by Crippen LogP contribution is -2.38. The van der Waals surface area contributed by atoms with E-state index in [0.717, 1.165) is 24.2 Å². The summed E-state index contributed by atoms with van der Waals surface area (Å²) in [4.78, 5) is 2.60. The van der Waals surface area contributed by atoms with E-state index < -0.39 is 0 Å². The molecule has 1 saturated heterocycles. The lowest BCUT2D eigenvalue weighted by molar-refractivity contribution is 0.142. The van der Waals surface area contributed by atoms with Crippen molar-refractivity contribution in [1.29, 1.82) is 0 Å². The molecule has 2 unspecified atom stereocenters. The molecule has 1 aromatic carbocycles. The van der Waals surface area contributed by atoms with E-state index in [9.17, 15) is 4.39 Å². The van der Waals surface area contributed by atoms with Crippen LogP contribution in [0.3, 0.4) is 0 Å². The number of hydrogen-bond donors (Lipinski definition) is 1. The van der Waals surface area contributed by atoms with Crippen molar-refractivity contribution in [2.45, 2.75) is 51.1 Å². The van der Waals surface area contributed by atoms with Gasteiger partial charge in [-0.2, -0.15) is 0 Å². The highest BCUT2D eigenvalue weighted by Gasteiger charge is 2.40. The first-order valence-electron chi connectivity index (χ1n) is 8.37. The molecule has 0 radical (unpaired) electrons. The highest BCUT2D eigenvalue weighted by Crippen LogP contribution is 2.42. The summed E-state index contributed by atoms with van der Waals surface area (Å²) < 4.78 is 14.5. The topological polar surface area (TPSA) is 15.3 Å². The smallest absolute Gasteiger partial charge is 0.128 e. The zero-order chi connectivity index (χ0) is 14.8. The van der Waals surface area contributed by atoms with Gasteiger partial charge in [-0.1, -0.05) is 24.1 Å². The fourth-order valence-electron chi connectivity index (χ4n) is 3.88. The molecule has 1 aromatic rings. The fourth-order valence-corrected chi connectivity index (χ4v) is 3.88. The quantitative estimate of drug-likeness (QED) is 0.910. The lowest BCUT2D eigenvalue weighted by atomic mass is 9.88. The molecular formula is C18H27FN2. The van der Waals surface area contributed by atoms with E-state index in [2.05, 4.69) is 23.2 Å². The van der Waals surface area contributed by atoms with Gasteiger partial charge in [0.1, 0.15) is 5.82 Å². The summed E-state index contributed by atoms with van der Waals surface area (Å²) in [6, 6.07) is 6.53. The number of likely N-dealkylation sites (tertiary alicyclic amines) is 1. The van der Waals surface area contributed by atoms with E-state index in [-0.39, 0.29) is 11.9 Å². The van der Waals surface area contributed by atoms with Crippen LogP contribution in [0.25, 0.3) is 0 Å². The Bertz CT molecular complexity index is 484. The van der Waals surface area contributed by atoms with Crippen molar-refractivity contribution < 1.29 is 4.39 Å². The second-order valence-corrected chi connectivity index (χ2v) is 6.75. The van der Waals surface area contributed by atoms with Crippen LogP contribution in [0.4, 0.5) is 4.39 Å².